The SMILES string of the molecule is CCCN1C(=O)c2ccc(Nc3cc(N[C@H](CO)c4ccccc4)c(-c4nnco4)cn3)cc2C1(C)C. The highest BCUT2D eigenvalue weighted by atomic mass is 16.4. The molecule has 0 fully saturated rings. The summed E-state index contributed by atoms with van der Waals surface area (Å²) in [7, 11) is 0. The second kappa shape index (κ2) is 10.0. The maximum absolute atomic E-state index is 13.0. The molecule has 190 valence electrons. The molecule has 3 N–H and O–H groups in total. The second-order valence-electron chi connectivity index (χ2n) is 9.55. The molecule has 1 atom stereocenters. The van der Waals surface area contributed by atoms with Gasteiger partial charge in [-0.25, -0.2) is 4.98 Å². The normalized spacial score (nSPS) is 14.9. The van der Waals surface area contributed by atoms with E-state index in [1.807, 2.05) is 59.5 Å². The number of amides is 1. The maximum atomic E-state index is 13.0. The fraction of sp³-hybridized carbons (Fsp3) is 0.286. The summed E-state index contributed by atoms with van der Waals surface area (Å²) in [4.78, 5) is 19.5. The van der Waals surface area contributed by atoms with E-state index >= 15 is 0 Å². The Hall–Kier alpha value is -4.24. The molecular weight excluding hydrogens is 468 g/mol. The number of hydrogen-bond donors (Lipinski definition) is 3. The fourth-order valence-corrected chi connectivity index (χ4v) is 4.82. The van der Waals surface area contributed by atoms with Gasteiger partial charge in [0, 0.05) is 30.1 Å². The molecule has 2 aromatic heterocycles. The van der Waals surface area contributed by atoms with Crippen molar-refractivity contribution >= 4 is 23.1 Å². The van der Waals surface area contributed by atoms with E-state index in [1.54, 1.807) is 6.20 Å². The third-order valence-corrected chi connectivity index (χ3v) is 6.76. The highest BCUT2D eigenvalue weighted by Gasteiger charge is 2.42. The first-order chi connectivity index (χ1) is 17.9. The number of fused-ring (bicyclic) bond motifs is 1. The third kappa shape index (κ3) is 4.65. The Balaban J connectivity index is 1.47. The zero-order valence-corrected chi connectivity index (χ0v) is 21.1. The molecule has 0 bridgehead atoms. The number of hydrogen-bond acceptors (Lipinski definition) is 8. The first kappa shape index (κ1) is 24.5. The molecule has 0 spiro atoms. The molecule has 1 amide bonds. The number of benzene rings is 2. The van der Waals surface area contributed by atoms with Crippen LogP contribution in [0.1, 0.15) is 54.7 Å². The number of pyridine rings is 1. The van der Waals surface area contributed by atoms with Crippen LogP contribution >= 0.6 is 0 Å². The number of aliphatic hydroxyl groups is 1. The van der Waals surface area contributed by atoms with Gasteiger partial charge in [0.05, 0.1) is 29.4 Å². The van der Waals surface area contributed by atoms with Crippen LogP contribution in [0, 0.1) is 0 Å². The van der Waals surface area contributed by atoms with Gasteiger partial charge in [-0.05, 0) is 49.6 Å². The first-order valence-corrected chi connectivity index (χ1v) is 12.3. The zero-order valence-electron chi connectivity index (χ0n) is 21.1. The van der Waals surface area contributed by atoms with Gasteiger partial charge >= 0.3 is 0 Å². The summed E-state index contributed by atoms with van der Waals surface area (Å²) in [6, 6.07) is 17.0. The number of rotatable bonds is 9. The van der Waals surface area contributed by atoms with Crippen molar-refractivity contribution in [2.75, 3.05) is 23.8 Å². The van der Waals surface area contributed by atoms with Gasteiger partial charge < -0.3 is 25.1 Å². The fourth-order valence-electron chi connectivity index (χ4n) is 4.82. The zero-order chi connectivity index (χ0) is 26.0. The lowest BCUT2D eigenvalue weighted by Crippen LogP contribution is -2.39. The van der Waals surface area contributed by atoms with Crippen molar-refractivity contribution in [1.82, 2.24) is 20.1 Å². The molecule has 0 saturated carbocycles. The largest absolute Gasteiger partial charge is 0.423 e. The van der Waals surface area contributed by atoms with Gasteiger partial charge in [-0.15, -0.1) is 10.2 Å². The lowest BCUT2D eigenvalue weighted by atomic mass is 9.93. The van der Waals surface area contributed by atoms with E-state index in [1.165, 1.54) is 6.39 Å². The standard InChI is InChI=1S/C28H30N6O3/c1-4-12-34-27(36)20-11-10-19(13-22(20)28(34,2)3)31-25-14-23(21(15-29-25)26-33-30-17-37-26)32-24(16-35)18-8-6-5-7-9-18/h5-11,13-15,17,24,35H,4,12,16H2,1-3H3,(H2,29,31,32)/t24-/m1/s1. The maximum Gasteiger partial charge on any atom is 0.254 e. The summed E-state index contributed by atoms with van der Waals surface area (Å²) < 4.78 is 5.43. The van der Waals surface area contributed by atoms with Crippen molar-refractivity contribution in [2.45, 2.75) is 38.8 Å². The van der Waals surface area contributed by atoms with E-state index in [-0.39, 0.29) is 18.6 Å². The highest BCUT2D eigenvalue weighted by molar-refractivity contribution is 6.00. The lowest BCUT2D eigenvalue weighted by Gasteiger charge is -2.32. The summed E-state index contributed by atoms with van der Waals surface area (Å²) in [5, 5.41) is 24.7. The second-order valence-corrected chi connectivity index (χ2v) is 9.55. The molecule has 1 aliphatic rings. The Morgan fingerprint density at radius 3 is 2.62 bits per heavy atom. The van der Waals surface area contributed by atoms with Crippen molar-refractivity contribution in [3.05, 3.63) is 83.9 Å². The molecule has 2 aromatic carbocycles. The summed E-state index contributed by atoms with van der Waals surface area (Å²) in [6.45, 7) is 6.83. The van der Waals surface area contributed by atoms with Crippen LogP contribution in [-0.2, 0) is 5.54 Å². The molecule has 0 unspecified atom stereocenters. The van der Waals surface area contributed by atoms with Crippen LogP contribution in [0.15, 0.2) is 71.6 Å². The predicted molar refractivity (Wildman–Crippen MR) is 141 cm³/mol. The Morgan fingerprint density at radius 2 is 1.92 bits per heavy atom. The van der Waals surface area contributed by atoms with Gasteiger partial charge in [0.2, 0.25) is 6.39 Å². The number of anilines is 3. The number of nitrogens with one attached hydrogen (secondary N) is 2. The van der Waals surface area contributed by atoms with Crippen molar-refractivity contribution in [3.63, 3.8) is 0 Å². The van der Waals surface area contributed by atoms with Crippen molar-refractivity contribution in [2.24, 2.45) is 0 Å². The van der Waals surface area contributed by atoms with Crippen molar-refractivity contribution in [3.8, 4) is 11.5 Å². The van der Waals surface area contributed by atoms with Gasteiger partial charge in [-0.2, -0.15) is 0 Å². The predicted octanol–water partition coefficient (Wildman–Crippen LogP) is 5.12. The smallest absolute Gasteiger partial charge is 0.254 e. The molecule has 5 rings (SSSR count). The van der Waals surface area contributed by atoms with Crippen LogP contribution in [-0.4, -0.2) is 44.2 Å². The summed E-state index contributed by atoms with van der Waals surface area (Å²) >= 11 is 0. The first-order valence-electron chi connectivity index (χ1n) is 12.3. The number of carbonyl (C=O) groups is 1. The average Bonchev–Trinajstić information content (AvgIpc) is 3.50. The minimum atomic E-state index is -0.397. The average molecular weight is 499 g/mol. The van der Waals surface area contributed by atoms with E-state index in [9.17, 15) is 9.90 Å². The van der Waals surface area contributed by atoms with Crippen molar-refractivity contribution in [1.29, 1.82) is 0 Å². The summed E-state index contributed by atoms with van der Waals surface area (Å²) in [5.74, 6) is 0.973. The van der Waals surface area contributed by atoms with Gasteiger partial charge in [0.1, 0.15) is 5.82 Å². The van der Waals surface area contributed by atoms with Gasteiger partial charge in [0.15, 0.2) is 0 Å². The number of aliphatic hydroxyl groups excluding tert-OH is 1. The minimum absolute atomic E-state index is 0.0675. The van der Waals surface area contributed by atoms with Crippen LogP contribution in [0.2, 0.25) is 0 Å². The van der Waals surface area contributed by atoms with Gasteiger partial charge in [-0.3, -0.25) is 4.79 Å². The molecule has 37 heavy (non-hydrogen) atoms. The molecule has 0 radical (unpaired) electrons. The lowest BCUT2D eigenvalue weighted by molar-refractivity contribution is 0.0619. The van der Waals surface area contributed by atoms with E-state index in [0.717, 1.165) is 28.8 Å². The highest BCUT2D eigenvalue weighted by Crippen LogP contribution is 2.40. The van der Waals surface area contributed by atoms with Crippen LogP contribution in [0.5, 0.6) is 0 Å². The Bertz CT molecular complexity index is 1390. The summed E-state index contributed by atoms with van der Waals surface area (Å²) in [5.41, 5.74) is 4.38. The minimum Gasteiger partial charge on any atom is -0.423 e. The molecule has 9 heteroatoms. The molecule has 3 heterocycles. The topological polar surface area (TPSA) is 116 Å². The van der Waals surface area contributed by atoms with E-state index < -0.39 is 5.54 Å². The molecule has 9 nitrogen and oxygen atoms in total. The van der Waals surface area contributed by atoms with Crippen LogP contribution < -0.4 is 10.6 Å². The third-order valence-electron chi connectivity index (χ3n) is 6.76. The number of aromatic nitrogens is 3. The van der Waals surface area contributed by atoms with Gasteiger partial charge in [-0.1, -0.05) is 37.3 Å². The van der Waals surface area contributed by atoms with Crippen molar-refractivity contribution < 1.29 is 14.3 Å². The Morgan fingerprint density at radius 1 is 1.11 bits per heavy atom. The molecule has 1 aliphatic heterocycles. The van der Waals surface area contributed by atoms with Crippen LogP contribution in [0.4, 0.5) is 17.2 Å². The molecule has 0 saturated heterocycles. The number of nitrogens with zero attached hydrogens (tertiary/aromatic N) is 4. The quantitative estimate of drug-likeness (QED) is 0.291. The van der Waals surface area contributed by atoms with Crippen LogP contribution in [0.25, 0.3) is 11.5 Å². The van der Waals surface area contributed by atoms with Crippen LogP contribution in [0.3, 0.4) is 0 Å². The molecular formula is C28H30N6O3. The van der Waals surface area contributed by atoms with Gasteiger partial charge in [0.25, 0.3) is 11.8 Å². The summed E-state index contributed by atoms with van der Waals surface area (Å²) in [6.07, 6.45) is 3.82. The Labute approximate surface area is 215 Å². The molecule has 0 aliphatic carbocycles. The molecule has 4 aromatic rings. The Kier molecular flexibility index (Phi) is 6.62. The number of carbonyl (C=O) groups excluding carboxylic acids is 1. The van der Waals surface area contributed by atoms with E-state index in [4.69, 9.17) is 4.42 Å². The van der Waals surface area contributed by atoms with E-state index in [0.29, 0.717) is 29.5 Å². The van der Waals surface area contributed by atoms with E-state index in [2.05, 4.69) is 46.6 Å². The monoisotopic (exact) mass is 498 g/mol.